The topological polar surface area (TPSA) is 93.6 Å². The van der Waals surface area contributed by atoms with Gasteiger partial charge < -0.3 is 4.18 Å². The fraction of sp³-hybridized carbons (Fsp3) is 0.222. The highest BCUT2D eigenvalue weighted by molar-refractivity contribution is 7.89. The summed E-state index contributed by atoms with van der Waals surface area (Å²) in [4.78, 5) is 3.65. The molecule has 1 unspecified atom stereocenters. The van der Waals surface area contributed by atoms with Crippen molar-refractivity contribution in [1.82, 2.24) is 9.29 Å². The molecule has 206 valence electrons. The van der Waals surface area contributed by atoms with Crippen LogP contribution < -0.4 is 4.18 Å². The fourth-order valence-corrected chi connectivity index (χ4v) is 6.80. The average Bonchev–Trinajstić information content (AvgIpc) is 2.90. The molecule has 0 radical (unpaired) electrons. The molecule has 39 heavy (non-hydrogen) atoms. The number of alkyl halides is 3. The van der Waals surface area contributed by atoms with Crippen molar-refractivity contribution < 1.29 is 34.2 Å². The Morgan fingerprint density at radius 1 is 0.923 bits per heavy atom. The maximum Gasteiger partial charge on any atom is 0.416 e. The lowest BCUT2D eigenvalue weighted by Gasteiger charge is -2.28. The number of aromatic nitrogens is 1. The number of halogens is 3. The highest BCUT2D eigenvalue weighted by Gasteiger charge is 2.33. The normalized spacial score (nSPS) is 13.5. The summed E-state index contributed by atoms with van der Waals surface area (Å²) in [5.74, 6) is -0.168. The van der Waals surface area contributed by atoms with E-state index < -0.39 is 42.8 Å². The maximum absolute atomic E-state index is 13.8. The number of pyridine rings is 1. The van der Waals surface area contributed by atoms with Gasteiger partial charge in [0.15, 0.2) is 0 Å². The van der Waals surface area contributed by atoms with E-state index in [1.807, 2.05) is 6.92 Å². The van der Waals surface area contributed by atoms with Gasteiger partial charge in [0, 0.05) is 24.2 Å². The molecular weight excluding hydrogens is 553 g/mol. The van der Waals surface area contributed by atoms with E-state index in [1.54, 1.807) is 37.3 Å². The number of sulfonamides is 1. The molecule has 0 aliphatic heterocycles. The molecule has 0 bridgehead atoms. The van der Waals surface area contributed by atoms with E-state index in [0.29, 0.717) is 29.0 Å². The molecule has 0 spiro atoms. The summed E-state index contributed by atoms with van der Waals surface area (Å²) in [5.41, 5.74) is -0.375. The first kappa shape index (κ1) is 28.5. The molecule has 0 saturated heterocycles. The van der Waals surface area contributed by atoms with Crippen LogP contribution in [-0.4, -0.2) is 32.2 Å². The van der Waals surface area contributed by atoms with Gasteiger partial charge in [-0.15, -0.1) is 0 Å². The third-order valence-electron chi connectivity index (χ3n) is 6.16. The third-order valence-corrected chi connectivity index (χ3v) is 9.39. The summed E-state index contributed by atoms with van der Waals surface area (Å²) in [6, 6.07) is 16.9. The van der Waals surface area contributed by atoms with Crippen LogP contribution in [-0.2, 0) is 32.9 Å². The van der Waals surface area contributed by atoms with Crippen molar-refractivity contribution in [2.45, 2.75) is 48.8 Å². The quantitative estimate of drug-likeness (QED) is 0.226. The van der Waals surface area contributed by atoms with Crippen LogP contribution in [0.3, 0.4) is 0 Å². The van der Waals surface area contributed by atoms with E-state index in [2.05, 4.69) is 4.98 Å². The van der Waals surface area contributed by atoms with Crippen molar-refractivity contribution in [3.8, 4) is 5.75 Å². The SMILES string of the molecule is CCC(C)N(Cc1cccc(OS(=O)(=O)c2cccc(C(F)(F)F)c2)c1)S(=O)(=O)c1cccc2cccnc12. The zero-order valence-electron chi connectivity index (χ0n) is 21.0. The van der Waals surface area contributed by atoms with Crippen LogP contribution >= 0.6 is 0 Å². The minimum Gasteiger partial charge on any atom is -0.379 e. The van der Waals surface area contributed by atoms with Crippen molar-refractivity contribution in [2.75, 3.05) is 0 Å². The van der Waals surface area contributed by atoms with Gasteiger partial charge in [0.05, 0.1) is 11.1 Å². The van der Waals surface area contributed by atoms with Crippen LogP contribution in [0, 0.1) is 0 Å². The maximum atomic E-state index is 13.8. The van der Waals surface area contributed by atoms with Gasteiger partial charge in [-0.3, -0.25) is 4.98 Å². The van der Waals surface area contributed by atoms with Gasteiger partial charge in [-0.1, -0.05) is 43.3 Å². The van der Waals surface area contributed by atoms with Gasteiger partial charge in [0.25, 0.3) is 0 Å². The zero-order valence-corrected chi connectivity index (χ0v) is 22.6. The van der Waals surface area contributed by atoms with Crippen molar-refractivity contribution in [3.63, 3.8) is 0 Å². The Morgan fingerprint density at radius 3 is 2.33 bits per heavy atom. The minimum atomic E-state index is -4.73. The Balaban J connectivity index is 1.65. The predicted molar refractivity (Wildman–Crippen MR) is 140 cm³/mol. The number of para-hydroxylation sites is 1. The molecule has 4 aromatic rings. The zero-order chi connectivity index (χ0) is 28.4. The van der Waals surface area contributed by atoms with Crippen molar-refractivity contribution in [2.24, 2.45) is 0 Å². The predicted octanol–water partition coefficient (Wildman–Crippen LogP) is 6.01. The van der Waals surface area contributed by atoms with Gasteiger partial charge in [-0.2, -0.15) is 25.9 Å². The van der Waals surface area contributed by atoms with Gasteiger partial charge in [-0.25, -0.2) is 8.42 Å². The summed E-state index contributed by atoms with van der Waals surface area (Å²) in [6.07, 6.45) is -2.71. The first-order chi connectivity index (χ1) is 18.3. The van der Waals surface area contributed by atoms with Crippen molar-refractivity contribution in [1.29, 1.82) is 0 Å². The van der Waals surface area contributed by atoms with Gasteiger partial charge in [0.2, 0.25) is 10.0 Å². The largest absolute Gasteiger partial charge is 0.416 e. The second-order valence-electron chi connectivity index (χ2n) is 8.85. The van der Waals surface area contributed by atoms with Crippen LogP contribution in [0.2, 0.25) is 0 Å². The number of fused-ring (bicyclic) bond motifs is 1. The third kappa shape index (κ3) is 6.23. The van der Waals surface area contributed by atoms with Crippen LogP contribution in [0.4, 0.5) is 13.2 Å². The second-order valence-corrected chi connectivity index (χ2v) is 12.3. The Labute approximate surface area is 225 Å². The Bertz CT molecular complexity index is 1700. The smallest absolute Gasteiger partial charge is 0.379 e. The Kier molecular flexibility index (Phi) is 8.01. The van der Waals surface area contributed by atoms with E-state index in [9.17, 15) is 30.0 Å². The molecule has 0 amide bonds. The molecule has 0 N–H and O–H groups in total. The van der Waals surface area contributed by atoms with Crippen LogP contribution in [0.1, 0.15) is 31.4 Å². The summed E-state index contributed by atoms with van der Waals surface area (Å²) in [7, 11) is -8.64. The van der Waals surface area contributed by atoms with Gasteiger partial charge >= 0.3 is 16.3 Å². The minimum absolute atomic E-state index is 0.0421. The molecule has 4 rings (SSSR count). The summed E-state index contributed by atoms with van der Waals surface area (Å²) < 4.78 is 98.7. The average molecular weight is 579 g/mol. The first-order valence-corrected chi connectivity index (χ1v) is 14.7. The molecule has 12 heteroatoms. The van der Waals surface area contributed by atoms with Crippen LogP contribution in [0.5, 0.6) is 5.75 Å². The number of hydrogen-bond donors (Lipinski definition) is 0. The Morgan fingerprint density at radius 2 is 1.62 bits per heavy atom. The van der Waals surface area contributed by atoms with Gasteiger partial charge in [-0.05, 0) is 61.4 Å². The van der Waals surface area contributed by atoms with Crippen molar-refractivity contribution >= 4 is 31.0 Å². The molecule has 7 nitrogen and oxygen atoms in total. The number of hydrogen-bond acceptors (Lipinski definition) is 6. The highest BCUT2D eigenvalue weighted by Crippen LogP contribution is 2.32. The van der Waals surface area contributed by atoms with E-state index in [-0.39, 0.29) is 17.2 Å². The molecule has 0 aliphatic carbocycles. The lowest BCUT2D eigenvalue weighted by Crippen LogP contribution is -2.37. The lowest BCUT2D eigenvalue weighted by molar-refractivity contribution is -0.137. The van der Waals surface area contributed by atoms with E-state index in [0.717, 1.165) is 18.2 Å². The van der Waals surface area contributed by atoms with Crippen LogP contribution in [0.25, 0.3) is 10.9 Å². The lowest BCUT2D eigenvalue weighted by atomic mass is 10.2. The van der Waals surface area contributed by atoms with Crippen LogP contribution in [0.15, 0.2) is 94.9 Å². The molecule has 1 atom stereocenters. The Hall–Kier alpha value is -3.48. The molecule has 0 fully saturated rings. The fourth-order valence-electron chi connectivity index (χ4n) is 3.97. The summed E-state index contributed by atoms with van der Waals surface area (Å²) >= 11 is 0. The molecule has 1 aromatic heterocycles. The molecular formula is C27H25F3N2O5S2. The summed E-state index contributed by atoms with van der Waals surface area (Å²) in [6.45, 7) is 3.49. The first-order valence-electron chi connectivity index (χ1n) is 11.9. The van der Waals surface area contributed by atoms with Crippen molar-refractivity contribution in [3.05, 3.63) is 96.2 Å². The second kappa shape index (κ2) is 10.9. The number of nitrogens with zero attached hydrogens (tertiary/aromatic N) is 2. The van der Waals surface area contributed by atoms with Gasteiger partial charge in [0.1, 0.15) is 15.5 Å². The number of benzene rings is 3. The summed E-state index contributed by atoms with van der Waals surface area (Å²) in [5, 5.41) is 0.665. The molecule has 1 heterocycles. The number of rotatable bonds is 9. The molecule has 0 saturated carbocycles. The van der Waals surface area contributed by atoms with E-state index in [4.69, 9.17) is 4.18 Å². The van der Waals surface area contributed by atoms with E-state index in [1.165, 1.54) is 34.8 Å². The molecule has 3 aromatic carbocycles. The monoisotopic (exact) mass is 578 g/mol. The highest BCUT2D eigenvalue weighted by atomic mass is 32.2. The van der Waals surface area contributed by atoms with E-state index >= 15 is 0 Å². The standard InChI is InChI=1S/C27H25F3N2O5S2/c1-3-19(2)32(38(33,34)25-14-5-9-21-10-7-15-31-26(21)25)18-20-8-4-12-23(16-20)37-39(35,36)24-13-6-11-22(17-24)27(28,29)30/h4-17,19H,3,18H2,1-2H3. The molecule has 0 aliphatic rings.